The highest BCUT2D eigenvalue weighted by atomic mass is 35.5. The van der Waals surface area contributed by atoms with Gasteiger partial charge in [0.1, 0.15) is 6.10 Å². The van der Waals surface area contributed by atoms with Gasteiger partial charge in [0.2, 0.25) is 5.91 Å². The van der Waals surface area contributed by atoms with Gasteiger partial charge in [-0.3, -0.25) is 4.79 Å². The summed E-state index contributed by atoms with van der Waals surface area (Å²) in [5.74, 6) is -1.19. The summed E-state index contributed by atoms with van der Waals surface area (Å²) in [7, 11) is 0. The van der Waals surface area contributed by atoms with E-state index in [2.05, 4.69) is 5.32 Å². The van der Waals surface area contributed by atoms with Crippen molar-refractivity contribution in [3.63, 3.8) is 0 Å². The van der Waals surface area contributed by atoms with Crippen molar-refractivity contribution in [2.45, 2.75) is 39.5 Å². The van der Waals surface area contributed by atoms with Gasteiger partial charge in [0.15, 0.2) is 0 Å². The molecular formula is C21H24ClNO4. The molecule has 0 aromatic heterocycles. The molecule has 27 heavy (non-hydrogen) atoms. The van der Waals surface area contributed by atoms with Crippen molar-refractivity contribution in [1.29, 1.82) is 0 Å². The summed E-state index contributed by atoms with van der Waals surface area (Å²) in [4.78, 5) is 23.6. The van der Waals surface area contributed by atoms with Crippen molar-refractivity contribution in [3.05, 3.63) is 70.2 Å². The monoisotopic (exact) mass is 389 g/mol. The fraction of sp³-hybridized carbons (Fsp3) is 0.333. The van der Waals surface area contributed by atoms with Gasteiger partial charge in [0, 0.05) is 5.02 Å². The molecule has 2 rings (SSSR count). The summed E-state index contributed by atoms with van der Waals surface area (Å²) in [6.45, 7) is 5.99. The first-order valence-corrected chi connectivity index (χ1v) is 9.15. The Labute approximate surface area is 164 Å². The summed E-state index contributed by atoms with van der Waals surface area (Å²) in [5.41, 5.74) is 1.94. The molecule has 0 bridgehead atoms. The highest BCUT2D eigenvalue weighted by Gasteiger charge is 2.24. The van der Waals surface area contributed by atoms with E-state index in [1.165, 1.54) is 12.1 Å². The van der Waals surface area contributed by atoms with Crippen LogP contribution in [0.4, 0.5) is 0 Å². The Hall–Kier alpha value is -2.37. The molecule has 0 aliphatic carbocycles. The molecule has 0 fully saturated rings. The van der Waals surface area contributed by atoms with Gasteiger partial charge in [-0.15, -0.1) is 0 Å². The first kappa shape index (κ1) is 20.9. The Morgan fingerprint density at radius 3 is 2.33 bits per heavy atom. The summed E-state index contributed by atoms with van der Waals surface area (Å²) < 4.78 is 5.85. The van der Waals surface area contributed by atoms with Gasteiger partial charge in [-0.25, -0.2) is 4.79 Å². The zero-order chi connectivity index (χ0) is 20.0. The molecule has 6 heteroatoms. The molecule has 0 saturated heterocycles. The maximum Gasteiger partial charge on any atom is 0.335 e. The molecule has 2 atom stereocenters. The van der Waals surface area contributed by atoms with Crippen LogP contribution in [-0.4, -0.2) is 23.1 Å². The van der Waals surface area contributed by atoms with Gasteiger partial charge in [0.05, 0.1) is 18.2 Å². The fourth-order valence-corrected chi connectivity index (χ4v) is 2.89. The molecule has 1 amide bonds. The predicted octanol–water partition coefficient (Wildman–Crippen LogP) is 4.46. The zero-order valence-corrected chi connectivity index (χ0v) is 16.4. The van der Waals surface area contributed by atoms with Crippen molar-refractivity contribution in [3.8, 4) is 0 Å². The molecule has 5 nitrogen and oxygen atoms in total. The normalized spacial score (nSPS) is 13.2. The third-order valence-electron chi connectivity index (χ3n) is 4.20. The van der Waals surface area contributed by atoms with Gasteiger partial charge in [-0.2, -0.15) is 0 Å². The molecule has 2 N–H and O–H groups in total. The Balaban J connectivity index is 2.00. The third-order valence-corrected chi connectivity index (χ3v) is 4.43. The van der Waals surface area contributed by atoms with Gasteiger partial charge in [0.25, 0.3) is 0 Å². The second kappa shape index (κ2) is 9.53. The molecule has 2 aromatic rings. The lowest BCUT2D eigenvalue weighted by molar-refractivity contribution is -0.137. The topological polar surface area (TPSA) is 75.6 Å². The van der Waals surface area contributed by atoms with Crippen molar-refractivity contribution >= 4 is 23.5 Å². The molecule has 0 aliphatic rings. The lowest BCUT2D eigenvalue weighted by Crippen LogP contribution is -2.40. The lowest BCUT2D eigenvalue weighted by atomic mass is 10.0. The van der Waals surface area contributed by atoms with E-state index >= 15 is 0 Å². The predicted molar refractivity (Wildman–Crippen MR) is 105 cm³/mol. The molecule has 2 unspecified atom stereocenters. The van der Waals surface area contributed by atoms with E-state index in [0.29, 0.717) is 11.6 Å². The summed E-state index contributed by atoms with van der Waals surface area (Å²) in [6, 6.07) is 13.5. The molecule has 0 saturated carbocycles. The van der Waals surface area contributed by atoms with Crippen molar-refractivity contribution in [2.24, 2.45) is 5.92 Å². The van der Waals surface area contributed by atoms with E-state index in [4.69, 9.17) is 21.4 Å². The Bertz CT molecular complexity index is 789. The maximum atomic E-state index is 12.7. The van der Waals surface area contributed by atoms with E-state index in [1.807, 2.05) is 39.0 Å². The van der Waals surface area contributed by atoms with E-state index in [1.54, 1.807) is 18.2 Å². The minimum atomic E-state index is -0.979. The number of aromatic carboxylic acids is 1. The number of carboxylic acid groups (broad SMARTS) is 1. The summed E-state index contributed by atoms with van der Waals surface area (Å²) in [6.07, 6.45) is -0.607. The van der Waals surface area contributed by atoms with E-state index < -0.39 is 12.1 Å². The first-order valence-electron chi connectivity index (χ1n) is 8.77. The average molecular weight is 390 g/mol. The highest BCUT2D eigenvalue weighted by molar-refractivity contribution is 6.30. The van der Waals surface area contributed by atoms with Crippen LogP contribution in [0.25, 0.3) is 0 Å². The second-order valence-corrected chi connectivity index (χ2v) is 7.20. The number of hydrogen-bond acceptors (Lipinski definition) is 3. The first-order chi connectivity index (χ1) is 12.8. The van der Waals surface area contributed by atoms with Gasteiger partial charge in [-0.1, -0.05) is 49.7 Å². The minimum Gasteiger partial charge on any atom is -0.478 e. The number of rotatable bonds is 8. The van der Waals surface area contributed by atoms with Crippen LogP contribution in [0.15, 0.2) is 48.5 Å². The number of halogens is 1. The van der Waals surface area contributed by atoms with Crippen LogP contribution in [0.1, 0.15) is 48.3 Å². The van der Waals surface area contributed by atoms with Crippen LogP contribution in [0.2, 0.25) is 5.02 Å². The SMILES string of the molecule is CC(NC(=O)C(OCc1cccc(Cl)c1)C(C)C)c1ccc(C(=O)O)cc1. The van der Waals surface area contributed by atoms with Gasteiger partial charge >= 0.3 is 5.97 Å². The summed E-state index contributed by atoms with van der Waals surface area (Å²) >= 11 is 5.98. The van der Waals surface area contributed by atoms with E-state index in [-0.39, 0.29) is 23.4 Å². The number of ether oxygens (including phenoxy) is 1. The standard InChI is InChI=1S/C21H24ClNO4/c1-13(2)19(27-12-15-5-4-6-18(22)11-15)20(24)23-14(3)16-7-9-17(10-8-16)21(25)26/h4-11,13-14,19H,12H2,1-3H3,(H,23,24)(H,25,26). The quantitative estimate of drug-likeness (QED) is 0.699. The van der Waals surface area contributed by atoms with Crippen molar-refractivity contribution in [2.75, 3.05) is 0 Å². The average Bonchev–Trinajstić information content (AvgIpc) is 2.61. The number of amides is 1. The Kier molecular flexibility index (Phi) is 7.39. The van der Waals surface area contributed by atoms with Crippen molar-refractivity contribution < 1.29 is 19.4 Å². The van der Waals surface area contributed by atoms with Crippen LogP contribution in [-0.2, 0) is 16.1 Å². The molecule has 144 valence electrons. The summed E-state index contributed by atoms with van der Waals surface area (Å²) in [5, 5.41) is 12.5. The third kappa shape index (κ3) is 6.08. The number of benzene rings is 2. The number of nitrogens with one attached hydrogen (secondary N) is 1. The fourth-order valence-electron chi connectivity index (χ4n) is 2.68. The molecule has 0 aliphatic heterocycles. The smallest absolute Gasteiger partial charge is 0.335 e. The molecule has 0 heterocycles. The maximum absolute atomic E-state index is 12.7. The number of carbonyl (C=O) groups excluding carboxylic acids is 1. The Morgan fingerprint density at radius 1 is 1.11 bits per heavy atom. The highest BCUT2D eigenvalue weighted by Crippen LogP contribution is 2.17. The van der Waals surface area contributed by atoms with Gasteiger partial charge in [-0.05, 0) is 48.2 Å². The number of carboxylic acids is 1. The molecular weight excluding hydrogens is 366 g/mol. The van der Waals surface area contributed by atoms with E-state index in [9.17, 15) is 9.59 Å². The zero-order valence-electron chi connectivity index (χ0n) is 15.6. The minimum absolute atomic E-state index is 0.00855. The largest absolute Gasteiger partial charge is 0.478 e. The van der Waals surface area contributed by atoms with Crippen LogP contribution < -0.4 is 5.32 Å². The van der Waals surface area contributed by atoms with Crippen LogP contribution in [0.3, 0.4) is 0 Å². The molecule has 0 spiro atoms. The van der Waals surface area contributed by atoms with Crippen LogP contribution in [0, 0.1) is 5.92 Å². The molecule has 2 aromatic carbocycles. The second-order valence-electron chi connectivity index (χ2n) is 6.76. The van der Waals surface area contributed by atoms with E-state index in [0.717, 1.165) is 11.1 Å². The number of carbonyl (C=O) groups is 2. The number of hydrogen-bond donors (Lipinski definition) is 2. The van der Waals surface area contributed by atoms with Crippen LogP contribution >= 0.6 is 11.6 Å². The van der Waals surface area contributed by atoms with Gasteiger partial charge < -0.3 is 15.2 Å². The lowest BCUT2D eigenvalue weighted by Gasteiger charge is -2.23. The van der Waals surface area contributed by atoms with Crippen molar-refractivity contribution in [1.82, 2.24) is 5.32 Å². The van der Waals surface area contributed by atoms with Crippen LogP contribution in [0.5, 0.6) is 0 Å². The Morgan fingerprint density at radius 2 is 1.78 bits per heavy atom. The molecule has 0 radical (unpaired) electrons.